The largest absolute Gasteiger partial charge is 0.360 e. The average Bonchev–Trinajstić information content (AvgIpc) is 3.23. The predicted molar refractivity (Wildman–Crippen MR) is 104 cm³/mol. The first-order valence-corrected chi connectivity index (χ1v) is 10.9. The van der Waals surface area contributed by atoms with Crippen molar-refractivity contribution in [3.8, 4) is 0 Å². The molecule has 0 unspecified atom stereocenters. The number of pyridine rings is 1. The fourth-order valence-corrected chi connectivity index (χ4v) is 4.83. The van der Waals surface area contributed by atoms with Crippen molar-refractivity contribution in [1.29, 1.82) is 0 Å². The quantitative estimate of drug-likeness (QED) is 0.557. The van der Waals surface area contributed by atoms with Crippen LogP contribution >= 0.6 is 11.3 Å². The number of hydrogen-bond donors (Lipinski definition) is 1. The second-order valence-electron chi connectivity index (χ2n) is 6.30. The molecular formula is C18H20N4O4S2. The van der Waals surface area contributed by atoms with Crippen LogP contribution in [0.3, 0.4) is 0 Å². The van der Waals surface area contributed by atoms with Crippen molar-refractivity contribution in [2.24, 2.45) is 0 Å². The highest BCUT2D eigenvalue weighted by atomic mass is 32.2. The van der Waals surface area contributed by atoms with Gasteiger partial charge in [-0.05, 0) is 38.8 Å². The molecular weight excluding hydrogens is 400 g/mol. The SMILES string of the molecule is Cc1ncc(CCC(=O)c2ccc(CNS(=O)(=O)c3c(C)noc3C)cn2)s1. The van der Waals surface area contributed by atoms with Crippen LogP contribution in [0.2, 0.25) is 0 Å². The zero-order valence-electron chi connectivity index (χ0n) is 15.7. The summed E-state index contributed by atoms with van der Waals surface area (Å²) >= 11 is 1.58. The summed E-state index contributed by atoms with van der Waals surface area (Å²) in [5.41, 5.74) is 1.31. The van der Waals surface area contributed by atoms with Gasteiger partial charge in [-0.25, -0.2) is 18.1 Å². The molecule has 0 spiro atoms. The normalized spacial score (nSPS) is 11.7. The fourth-order valence-electron chi connectivity index (χ4n) is 2.69. The molecule has 1 N–H and O–H groups in total. The van der Waals surface area contributed by atoms with Crippen LogP contribution in [0, 0.1) is 20.8 Å². The van der Waals surface area contributed by atoms with Gasteiger partial charge in [-0.1, -0.05) is 11.2 Å². The molecule has 0 fully saturated rings. The zero-order chi connectivity index (χ0) is 20.3. The predicted octanol–water partition coefficient (Wildman–Crippen LogP) is 2.75. The average molecular weight is 421 g/mol. The van der Waals surface area contributed by atoms with Crippen LogP contribution in [0.4, 0.5) is 0 Å². The standard InChI is InChI=1S/C18H20N4O4S2/c1-11-18(12(2)26-22-11)28(24,25)21-9-14-4-6-16(20-8-14)17(23)7-5-15-10-19-13(3)27-15/h4,6,8,10,21H,5,7,9H2,1-3H3. The highest BCUT2D eigenvalue weighted by molar-refractivity contribution is 7.89. The number of ketones is 1. The van der Waals surface area contributed by atoms with Crippen LogP contribution in [-0.2, 0) is 23.0 Å². The molecule has 0 aliphatic carbocycles. The molecule has 0 aliphatic heterocycles. The van der Waals surface area contributed by atoms with Crippen LogP contribution in [0.15, 0.2) is 33.9 Å². The Balaban J connectivity index is 1.59. The number of aromatic nitrogens is 3. The molecule has 3 rings (SSSR count). The van der Waals surface area contributed by atoms with Gasteiger partial charge in [0, 0.05) is 30.2 Å². The first-order chi connectivity index (χ1) is 13.3. The second kappa shape index (κ2) is 8.29. The van der Waals surface area contributed by atoms with Crippen molar-refractivity contribution in [3.05, 3.63) is 57.1 Å². The minimum Gasteiger partial charge on any atom is -0.360 e. The molecule has 8 nitrogen and oxygen atoms in total. The monoisotopic (exact) mass is 420 g/mol. The van der Waals surface area contributed by atoms with Gasteiger partial charge in [0.2, 0.25) is 10.0 Å². The molecule has 0 atom stereocenters. The third kappa shape index (κ3) is 4.70. The maximum atomic E-state index is 12.4. The number of thiazole rings is 1. The second-order valence-corrected chi connectivity index (χ2v) is 9.32. The molecule has 0 amide bonds. The topological polar surface area (TPSA) is 115 Å². The minimum atomic E-state index is -3.75. The number of rotatable bonds is 8. The maximum Gasteiger partial charge on any atom is 0.246 e. The van der Waals surface area contributed by atoms with Gasteiger partial charge in [-0.2, -0.15) is 0 Å². The van der Waals surface area contributed by atoms with Gasteiger partial charge in [0.1, 0.15) is 16.3 Å². The minimum absolute atomic E-state index is 0.0468. The molecule has 10 heteroatoms. The molecule has 0 saturated heterocycles. The first kappa shape index (κ1) is 20.3. The molecule has 0 radical (unpaired) electrons. The van der Waals surface area contributed by atoms with Gasteiger partial charge in [0.15, 0.2) is 11.5 Å². The van der Waals surface area contributed by atoms with Crippen molar-refractivity contribution in [3.63, 3.8) is 0 Å². The Kier molecular flexibility index (Phi) is 6.01. The van der Waals surface area contributed by atoms with Crippen molar-refractivity contribution in [2.45, 2.75) is 45.1 Å². The lowest BCUT2D eigenvalue weighted by atomic mass is 10.1. The van der Waals surface area contributed by atoms with Crippen molar-refractivity contribution in [2.75, 3.05) is 0 Å². The van der Waals surface area contributed by atoms with E-state index in [1.54, 1.807) is 43.5 Å². The number of sulfonamides is 1. The summed E-state index contributed by atoms with van der Waals surface area (Å²) in [5.74, 6) is 0.175. The summed E-state index contributed by atoms with van der Waals surface area (Å²) in [6.07, 6.45) is 4.27. The number of carbonyl (C=O) groups is 1. The molecule has 3 aromatic heterocycles. The lowest BCUT2D eigenvalue weighted by Gasteiger charge is -2.07. The van der Waals surface area contributed by atoms with Crippen LogP contribution in [0.25, 0.3) is 0 Å². The van der Waals surface area contributed by atoms with E-state index in [0.29, 0.717) is 29.8 Å². The van der Waals surface area contributed by atoms with Crippen LogP contribution < -0.4 is 4.72 Å². The molecule has 0 aliphatic rings. The van der Waals surface area contributed by atoms with Gasteiger partial charge in [-0.15, -0.1) is 11.3 Å². The first-order valence-electron chi connectivity index (χ1n) is 8.58. The lowest BCUT2D eigenvalue weighted by Crippen LogP contribution is -2.24. The van der Waals surface area contributed by atoms with Gasteiger partial charge in [0.05, 0.1) is 5.01 Å². The van der Waals surface area contributed by atoms with Gasteiger partial charge in [-0.3, -0.25) is 9.78 Å². The van der Waals surface area contributed by atoms with Crippen LogP contribution in [-0.4, -0.2) is 29.3 Å². The summed E-state index contributed by atoms with van der Waals surface area (Å²) in [6.45, 7) is 5.09. The van der Waals surface area contributed by atoms with E-state index in [1.165, 1.54) is 6.20 Å². The summed E-state index contributed by atoms with van der Waals surface area (Å²) < 4.78 is 32.2. The van der Waals surface area contributed by atoms with E-state index in [-0.39, 0.29) is 23.0 Å². The van der Waals surface area contributed by atoms with Gasteiger partial charge >= 0.3 is 0 Å². The van der Waals surface area contributed by atoms with E-state index in [2.05, 4.69) is 19.8 Å². The molecule has 0 aromatic carbocycles. The molecule has 148 valence electrons. The third-order valence-corrected chi connectivity index (χ3v) is 6.70. The number of nitrogens with one attached hydrogen (secondary N) is 1. The highest BCUT2D eigenvalue weighted by Gasteiger charge is 2.23. The smallest absolute Gasteiger partial charge is 0.246 e. The van der Waals surface area contributed by atoms with Crippen molar-refractivity contribution < 1.29 is 17.7 Å². The summed E-state index contributed by atoms with van der Waals surface area (Å²) in [4.78, 5) is 21.7. The molecule has 3 aromatic rings. The number of hydrogen-bond acceptors (Lipinski definition) is 8. The Morgan fingerprint density at radius 3 is 2.54 bits per heavy atom. The maximum absolute atomic E-state index is 12.4. The lowest BCUT2D eigenvalue weighted by molar-refractivity contribution is 0.0978. The van der Waals surface area contributed by atoms with E-state index in [4.69, 9.17) is 4.52 Å². The van der Waals surface area contributed by atoms with E-state index < -0.39 is 10.0 Å². The van der Waals surface area contributed by atoms with Crippen LogP contribution in [0.5, 0.6) is 0 Å². The summed E-state index contributed by atoms with van der Waals surface area (Å²) in [7, 11) is -3.75. The zero-order valence-corrected chi connectivity index (χ0v) is 17.4. The van der Waals surface area contributed by atoms with E-state index in [9.17, 15) is 13.2 Å². The Hall–Kier alpha value is -2.43. The fraction of sp³-hybridized carbons (Fsp3) is 0.333. The Labute approximate surface area is 167 Å². The number of carbonyl (C=O) groups excluding carboxylic acids is 1. The van der Waals surface area contributed by atoms with Crippen molar-refractivity contribution in [1.82, 2.24) is 19.8 Å². The molecule has 0 bridgehead atoms. The molecule has 28 heavy (non-hydrogen) atoms. The third-order valence-electron chi connectivity index (χ3n) is 4.08. The number of Topliss-reactive ketones (excluding diaryl/α,β-unsaturated/α-hetero) is 1. The number of aryl methyl sites for hydroxylation is 4. The summed E-state index contributed by atoms with van der Waals surface area (Å²) in [5, 5.41) is 4.64. The molecule has 3 heterocycles. The Bertz CT molecular complexity index is 1070. The Morgan fingerprint density at radius 1 is 1.18 bits per heavy atom. The Morgan fingerprint density at radius 2 is 1.96 bits per heavy atom. The summed E-state index contributed by atoms with van der Waals surface area (Å²) in [6, 6.07) is 3.30. The highest BCUT2D eigenvalue weighted by Crippen LogP contribution is 2.19. The van der Waals surface area contributed by atoms with E-state index >= 15 is 0 Å². The van der Waals surface area contributed by atoms with E-state index in [0.717, 1.165) is 9.88 Å². The van der Waals surface area contributed by atoms with Gasteiger partial charge in [0.25, 0.3) is 0 Å². The number of nitrogens with zero attached hydrogens (tertiary/aromatic N) is 3. The van der Waals surface area contributed by atoms with Crippen LogP contribution in [0.1, 0.15) is 43.8 Å². The molecule has 0 saturated carbocycles. The van der Waals surface area contributed by atoms with E-state index in [1.807, 2.05) is 6.92 Å². The van der Waals surface area contributed by atoms with Gasteiger partial charge < -0.3 is 4.52 Å². The van der Waals surface area contributed by atoms with Crippen molar-refractivity contribution >= 4 is 27.1 Å².